The Morgan fingerprint density at radius 3 is 2.14 bits per heavy atom. The van der Waals surface area contributed by atoms with Crippen LogP contribution >= 0.6 is 0 Å². The summed E-state index contributed by atoms with van der Waals surface area (Å²) in [5.74, 6) is 0. The van der Waals surface area contributed by atoms with Crippen molar-refractivity contribution in [2.24, 2.45) is 10.8 Å². The molecule has 1 heterocycles. The Kier molecular flexibility index (Phi) is 6.14. The molecule has 0 aromatic rings. The summed E-state index contributed by atoms with van der Waals surface area (Å²) in [5.41, 5.74) is 1.10. The van der Waals surface area contributed by atoms with Gasteiger partial charge in [-0.25, -0.2) is 0 Å². The number of nitrogens with one attached hydrogen (secondary N) is 1. The first-order chi connectivity index (χ1) is 9.95. The smallest absolute Gasteiger partial charge is 0.0243 e. The summed E-state index contributed by atoms with van der Waals surface area (Å²) >= 11 is 0. The van der Waals surface area contributed by atoms with Gasteiger partial charge in [0.25, 0.3) is 0 Å². The molecule has 1 spiro atoms. The Morgan fingerprint density at radius 2 is 1.62 bits per heavy atom. The Labute approximate surface area is 133 Å². The maximum Gasteiger partial charge on any atom is 0.0243 e. The molecule has 0 bridgehead atoms. The Bertz CT molecular complexity index is 289. The van der Waals surface area contributed by atoms with Crippen molar-refractivity contribution >= 4 is 0 Å². The van der Waals surface area contributed by atoms with Crippen LogP contribution in [0.15, 0.2) is 0 Å². The minimum Gasteiger partial charge on any atom is -0.312 e. The third-order valence-corrected chi connectivity index (χ3v) is 5.96. The third kappa shape index (κ3) is 4.96. The van der Waals surface area contributed by atoms with E-state index in [4.69, 9.17) is 0 Å². The van der Waals surface area contributed by atoms with E-state index in [0.717, 1.165) is 12.0 Å². The summed E-state index contributed by atoms with van der Waals surface area (Å²) in [6, 6.07) is 0.623. The van der Waals surface area contributed by atoms with Crippen LogP contribution < -0.4 is 5.32 Å². The van der Waals surface area contributed by atoms with E-state index in [2.05, 4.69) is 37.9 Å². The van der Waals surface area contributed by atoms with Crippen molar-refractivity contribution in [1.29, 1.82) is 0 Å². The molecule has 2 rings (SSSR count). The Balaban J connectivity index is 1.83. The minimum absolute atomic E-state index is 0.356. The van der Waals surface area contributed by atoms with Gasteiger partial charge >= 0.3 is 0 Å². The van der Waals surface area contributed by atoms with Crippen molar-refractivity contribution in [2.75, 3.05) is 26.2 Å². The van der Waals surface area contributed by atoms with E-state index in [9.17, 15) is 0 Å². The predicted molar refractivity (Wildman–Crippen MR) is 92.7 cm³/mol. The lowest BCUT2D eigenvalue weighted by Gasteiger charge is -2.46. The highest BCUT2D eigenvalue weighted by atomic mass is 15.2. The van der Waals surface area contributed by atoms with E-state index in [1.165, 1.54) is 71.0 Å². The van der Waals surface area contributed by atoms with Crippen LogP contribution in [0.25, 0.3) is 0 Å². The maximum absolute atomic E-state index is 3.79. The highest BCUT2D eigenvalue weighted by Crippen LogP contribution is 2.44. The van der Waals surface area contributed by atoms with Gasteiger partial charge < -0.3 is 10.2 Å². The SMILES string of the molecule is CCCNC(CN1CCC2(CCCCC2)CC1)C(C)(C)C. The summed E-state index contributed by atoms with van der Waals surface area (Å²) in [4.78, 5) is 2.73. The first-order valence-electron chi connectivity index (χ1n) is 9.41. The molecule has 21 heavy (non-hydrogen) atoms. The van der Waals surface area contributed by atoms with Crippen LogP contribution in [-0.2, 0) is 0 Å². The van der Waals surface area contributed by atoms with Crippen LogP contribution in [0.1, 0.15) is 79.1 Å². The molecule has 1 saturated heterocycles. The van der Waals surface area contributed by atoms with Gasteiger partial charge in [0, 0.05) is 12.6 Å². The molecule has 124 valence electrons. The highest BCUT2D eigenvalue weighted by Gasteiger charge is 2.36. The van der Waals surface area contributed by atoms with Gasteiger partial charge in [0.1, 0.15) is 0 Å². The molecule has 1 atom stereocenters. The molecular weight excluding hydrogens is 256 g/mol. The number of hydrogen-bond acceptors (Lipinski definition) is 2. The Morgan fingerprint density at radius 1 is 1.00 bits per heavy atom. The fraction of sp³-hybridized carbons (Fsp3) is 1.00. The van der Waals surface area contributed by atoms with Gasteiger partial charge in [0.15, 0.2) is 0 Å². The van der Waals surface area contributed by atoms with Crippen LogP contribution in [0.4, 0.5) is 0 Å². The van der Waals surface area contributed by atoms with Crippen LogP contribution in [0, 0.1) is 10.8 Å². The summed E-state index contributed by atoms with van der Waals surface area (Å²) in [7, 11) is 0. The molecule has 0 radical (unpaired) electrons. The number of likely N-dealkylation sites (tertiary alicyclic amines) is 1. The summed E-state index contributed by atoms with van der Waals surface area (Å²) in [6.45, 7) is 14.5. The zero-order valence-electron chi connectivity index (χ0n) is 15.0. The number of piperidine rings is 1. The summed E-state index contributed by atoms with van der Waals surface area (Å²) in [6.07, 6.45) is 11.6. The number of hydrogen-bond donors (Lipinski definition) is 1. The van der Waals surface area contributed by atoms with Crippen molar-refractivity contribution in [3.63, 3.8) is 0 Å². The van der Waals surface area contributed by atoms with Crippen molar-refractivity contribution in [1.82, 2.24) is 10.2 Å². The van der Waals surface area contributed by atoms with Gasteiger partial charge in [-0.1, -0.05) is 47.0 Å². The van der Waals surface area contributed by atoms with Crippen LogP contribution in [0.5, 0.6) is 0 Å². The van der Waals surface area contributed by atoms with Crippen molar-refractivity contribution in [3.05, 3.63) is 0 Å². The lowest BCUT2D eigenvalue weighted by molar-refractivity contribution is 0.0537. The average molecular weight is 295 g/mol. The van der Waals surface area contributed by atoms with Crippen molar-refractivity contribution < 1.29 is 0 Å². The lowest BCUT2D eigenvalue weighted by atomic mass is 9.68. The monoisotopic (exact) mass is 294 g/mol. The molecule has 1 aliphatic carbocycles. The van der Waals surface area contributed by atoms with E-state index in [-0.39, 0.29) is 0 Å². The van der Waals surface area contributed by atoms with Crippen molar-refractivity contribution in [2.45, 2.75) is 85.1 Å². The van der Waals surface area contributed by atoms with E-state index < -0.39 is 0 Å². The summed E-state index contributed by atoms with van der Waals surface area (Å²) in [5, 5.41) is 3.79. The molecule has 0 amide bonds. The quantitative estimate of drug-likeness (QED) is 0.806. The molecule has 1 N–H and O–H groups in total. The zero-order chi connectivity index (χ0) is 15.3. The molecule has 2 fully saturated rings. The van der Waals surface area contributed by atoms with E-state index in [1.807, 2.05) is 0 Å². The van der Waals surface area contributed by atoms with Gasteiger partial charge in [-0.05, 0) is 62.6 Å². The second-order valence-corrected chi connectivity index (χ2v) is 8.73. The second kappa shape index (κ2) is 7.46. The lowest BCUT2D eigenvalue weighted by Crippen LogP contribution is -2.51. The maximum atomic E-state index is 3.79. The van der Waals surface area contributed by atoms with Crippen LogP contribution in [-0.4, -0.2) is 37.1 Å². The highest BCUT2D eigenvalue weighted by molar-refractivity contribution is 4.91. The fourth-order valence-corrected chi connectivity index (χ4v) is 4.23. The largest absolute Gasteiger partial charge is 0.312 e. The van der Waals surface area contributed by atoms with Crippen LogP contribution in [0.2, 0.25) is 0 Å². The molecule has 0 aromatic heterocycles. The number of nitrogens with zero attached hydrogens (tertiary/aromatic N) is 1. The van der Waals surface area contributed by atoms with Crippen LogP contribution in [0.3, 0.4) is 0 Å². The van der Waals surface area contributed by atoms with Crippen molar-refractivity contribution in [3.8, 4) is 0 Å². The Hall–Kier alpha value is -0.0800. The molecule has 1 saturated carbocycles. The number of rotatable bonds is 5. The normalized spacial score (nSPS) is 25.1. The van der Waals surface area contributed by atoms with Gasteiger partial charge in [-0.2, -0.15) is 0 Å². The first kappa shape index (κ1) is 17.3. The topological polar surface area (TPSA) is 15.3 Å². The first-order valence-corrected chi connectivity index (χ1v) is 9.41. The minimum atomic E-state index is 0.356. The third-order valence-electron chi connectivity index (χ3n) is 5.96. The van der Waals surface area contributed by atoms with Gasteiger partial charge in [-0.15, -0.1) is 0 Å². The molecular formula is C19H38N2. The van der Waals surface area contributed by atoms with E-state index in [0.29, 0.717) is 11.5 Å². The second-order valence-electron chi connectivity index (χ2n) is 8.73. The average Bonchev–Trinajstić information content (AvgIpc) is 2.45. The van der Waals surface area contributed by atoms with Gasteiger partial charge in [-0.3, -0.25) is 0 Å². The van der Waals surface area contributed by atoms with Gasteiger partial charge in [0.05, 0.1) is 0 Å². The molecule has 1 unspecified atom stereocenters. The summed E-state index contributed by atoms with van der Waals surface area (Å²) < 4.78 is 0. The molecule has 2 aliphatic rings. The van der Waals surface area contributed by atoms with Gasteiger partial charge in [0.2, 0.25) is 0 Å². The molecule has 2 heteroatoms. The molecule has 0 aromatic carbocycles. The van der Waals surface area contributed by atoms with E-state index >= 15 is 0 Å². The molecule has 1 aliphatic heterocycles. The predicted octanol–water partition coefficient (Wildman–Crippen LogP) is 4.45. The molecule has 2 nitrogen and oxygen atoms in total. The van der Waals surface area contributed by atoms with E-state index in [1.54, 1.807) is 0 Å². The fourth-order valence-electron chi connectivity index (χ4n) is 4.23. The standard InChI is InChI=1S/C19H38N2/c1-5-13-20-17(18(2,3)4)16-21-14-11-19(12-15-21)9-7-6-8-10-19/h17,20H,5-16H2,1-4H3. The zero-order valence-corrected chi connectivity index (χ0v) is 15.0.